The molecule has 1 aromatic heterocycles. The molecule has 1 fully saturated rings. The van der Waals surface area contributed by atoms with Crippen molar-refractivity contribution >= 4 is 0 Å². The first-order chi connectivity index (χ1) is 6.81. The summed E-state index contributed by atoms with van der Waals surface area (Å²) in [4.78, 5) is 4.36. The summed E-state index contributed by atoms with van der Waals surface area (Å²) in [6.45, 7) is 2.08. The second-order valence-corrected chi connectivity index (χ2v) is 4.09. The maximum Gasteiger partial charge on any atom is 0.197 e. The van der Waals surface area contributed by atoms with Crippen LogP contribution in [0.1, 0.15) is 56.2 Å². The second-order valence-electron chi connectivity index (χ2n) is 4.09. The van der Waals surface area contributed by atoms with E-state index in [1.54, 1.807) is 0 Å². The maximum atomic E-state index is 5.75. The first kappa shape index (κ1) is 9.71. The van der Waals surface area contributed by atoms with Gasteiger partial charge in [0, 0.05) is 5.92 Å². The summed E-state index contributed by atoms with van der Waals surface area (Å²) in [5.41, 5.74) is 0. The van der Waals surface area contributed by atoms with E-state index < -0.39 is 0 Å². The molecular formula is C11H18N2O. The SMILES string of the molecule is CNC(C)c1cnc(C2CCCC2)o1. The minimum Gasteiger partial charge on any atom is -0.444 e. The molecule has 14 heavy (non-hydrogen) atoms. The first-order valence-electron chi connectivity index (χ1n) is 5.44. The zero-order valence-electron chi connectivity index (χ0n) is 8.92. The van der Waals surface area contributed by atoms with Gasteiger partial charge in [0.25, 0.3) is 0 Å². The normalized spacial score (nSPS) is 20.1. The van der Waals surface area contributed by atoms with Crippen LogP contribution in [0.25, 0.3) is 0 Å². The van der Waals surface area contributed by atoms with Crippen LogP contribution in [0.15, 0.2) is 10.6 Å². The molecule has 1 N–H and O–H groups in total. The third kappa shape index (κ3) is 1.82. The van der Waals surface area contributed by atoms with E-state index in [-0.39, 0.29) is 6.04 Å². The molecule has 0 aromatic carbocycles. The van der Waals surface area contributed by atoms with Crippen molar-refractivity contribution in [2.75, 3.05) is 7.05 Å². The largest absolute Gasteiger partial charge is 0.444 e. The fourth-order valence-corrected chi connectivity index (χ4v) is 2.00. The molecule has 2 rings (SSSR count). The first-order valence-corrected chi connectivity index (χ1v) is 5.44. The fourth-order valence-electron chi connectivity index (χ4n) is 2.00. The van der Waals surface area contributed by atoms with Crippen molar-refractivity contribution < 1.29 is 4.42 Å². The Balaban J connectivity index is 2.08. The number of nitrogens with zero attached hydrogens (tertiary/aromatic N) is 1. The third-order valence-corrected chi connectivity index (χ3v) is 3.11. The number of nitrogens with one attached hydrogen (secondary N) is 1. The van der Waals surface area contributed by atoms with Crippen molar-refractivity contribution in [2.45, 2.75) is 44.6 Å². The molecule has 0 aliphatic heterocycles. The van der Waals surface area contributed by atoms with Crippen LogP contribution in [0.5, 0.6) is 0 Å². The molecule has 1 aliphatic rings. The lowest BCUT2D eigenvalue weighted by Crippen LogP contribution is -2.11. The second kappa shape index (κ2) is 4.13. The van der Waals surface area contributed by atoms with Crippen LogP contribution in [0, 0.1) is 0 Å². The van der Waals surface area contributed by atoms with Gasteiger partial charge in [-0.15, -0.1) is 0 Å². The molecule has 1 aromatic rings. The summed E-state index contributed by atoms with van der Waals surface area (Å²) >= 11 is 0. The summed E-state index contributed by atoms with van der Waals surface area (Å²) in [5.74, 6) is 2.47. The highest BCUT2D eigenvalue weighted by Crippen LogP contribution is 2.34. The number of hydrogen-bond donors (Lipinski definition) is 1. The number of oxazole rings is 1. The van der Waals surface area contributed by atoms with Gasteiger partial charge in [0.2, 0.25) is 0 Å². The van der Waals surface area contributed by atoms with Crippen LogP contribution >= 0.6 is 0 Å². The van der Waals surface area contributed by atoms with E-state index in [1.165, 1.54) is 25.7 Å². The van der Waals surface area contributed by atoms with Gasteiger partial charge in [-0.2, -0.15) is 0 Å². The summed E-state index contributed by atoms with van der Waals surface area (Å²) in [6, 6.07) is 0.262. The third-order valence-electron chi connectivity index (χ3n) is 3.11. The minimum atomic E-state index is 0.262. The van der Waals surface area contributed by atoms with Crippen molar-refractivity contribution in [3.63, 3.8) is 0 Å². The van der Waals surface area contributed by atoms with E-state index in [2.05, 4.69) is 17.2 Å². The Morgan fingerprint density at radius 1 is 1.50 bits per heavy atom. The summed E-state index contributed by atoms with van der Waals surface area (Å²) in [7, 11) is 1.93. The monoisotopic (exact) mass is 194 g/mol. The van der Waals surface area contributed by atoms with Crippen molar-refractivity contribution in [2.24, 2.45) is 0 Å². The predicted octanol–water partition coefficient (Wildman–Crippen LogP) is 2.61. The Hall–Kier alpha value is -0.830. The van der Waals surface area contributed by atoms with E-state index >= 15 is 0 Å². The van der Waals surface area contributed by atoms with E-state index in [4.69, 9.17) is 4.42 Å². The van der Waals surface area contributed by atoms with Crippen LogP contribution in [-0.2, 0) is 0 Å². The molecule has 0 amide bonds. The molecule has 0 bridgehead atoms. The highest BCUT2D eigenvalue weighted by atomic mass is 16.4. The van der Waals surface area contributed by atoms with Crippen LogP contribution in [0.2, 0.25) is 0 Å². The Morgan fingerprint density at radius 2 is 2.21 bits per heavy atom. The van der Waals surface area contributed by atoms with Gasteiger partial charge in [-0.25, -0.2) is 4.98 Å². The fraction of sp³-hybridized carbons (Fsp3) is 0.727. The minimum absolute atomic E-state index is 0.262. The Morgan fingerprint density at radius 3 is 2.86 bits per heavy atom. The lowest BCUT2D eigenvalue weighted by atomic mass is 10.1. The number of aromatic nitrogens is 1. The van der Waals surface area contributed by atoms with Gasteiger partial charge >= 0.3 is 0 Å². The van der Waals surface area contributed by atoms with Gasteiger partial charge in [0.1, 0.15) is 5.76 Å². The van der Waals surface area contributed by atoms with E-state index in [1.807, 2.05) is 13.2 Å². The molecule has 0 radical (unpaired) electrons. The van der Waals surface area contributed by atoms with Crippen LogP contribution in [0.4, 0.5) is 0 Å². The number of hydrogen-bond acceptors (Lipinski definition) is 3. The van der Waals surface area contributed by atoms with Crippen LogP contribution in [0.3, 0.4) is 0 Å². The molecule has 1 aliphatic carbocycles. The average Bonchev–Trinajstić information content (AvgIpc) is 2.86. The lowest BCUT2D eigenvalue weighted by molar-refractivity contribution is 0.389. The van der Waals surface area contributed by atoms with Gasteiger partial charge in [0.05, 0.1) is 12.2 Å². The molecule has 1 saturated carbocycles. The smallest absolute Gasteiger partial charge is 0.197 e. The molecule has 3 heteroatoms. The molecule has 0 saturated heterocycles. The Bertz CT molecular complexity index is 289. The van der Waals surface area contributed by atoms with E-state index in [9.17, 15) is 0 Å². The zero-order chi connectivity index (χ0) is 9.97. The van der Waals surface area contributed by atoms with Crippen LogP contribution < -0.4 is 5.32 Å². The molecule has 78 valence electrons. The van der Waals surface area contributed by atoms with Crippen LogP contribution in [-0.4, -0.2) is 12.0 Å². The van der Waals surface area contributed by atoms with Crippen molar-refractivity contribution in [3.05, 3.63) is 17.8 Å². The highest BCUT2D eigenvalue weighted by Gasteiger charge is 2.22. The quantitative estimate of drug-likeness (QED) is 0.803. The van der Waals surface area contributed by atoms with E-state index in [0.717, 1.165) is 11.7 Å². The predicted molar refractivity (Wildman–Crippen MR) is 55.2 cm³/mol. The van der Waals surface area contributed by atoms with Crippen molar-refractivity contribution in [1.82, 2.24) is 10.3 Å². The standard InChI is InChI=1S/C11H18N2O/c1-8(12-2)10-7-13-11(14-10)9-5-3-4-6-9/h7-9,12H,3-6H2,1-2H3. The van der Waals surface area contributed by atoms with Crippen molar-refractivity contribution in [1.29, 1.82) is 0 Å². The topological polar surface area (TPSA) is 38.1 Å². The molecular weight excluding hydrogens is 176 g/mol. The molecule has 0 spiro atoms. The zero-order valence-corrected chi connectivity index (χ0v) is 8.92. The van der Waals surface area contributed by atoms with Gasteiger partial charge in [0.15, 0.2) is 5.89 Å². The van der Waals surface area contributed by atoms with Gasteiger partial charge in [-0.05, 0) is 26.8 Å². The Labute approximate surface area is 84.9 Å². The molecule has 3 nitrogen and oxygen atoms in total. The summed E-state index contributed by atoms with van der Waals surface area (Å²) in [6.07, 6.45) is 6.99. The molecule has 1 unspecified atom stereocenters. The Kier molecular flexibility index (Phi) is 2.87. The average molecular weight is 194 g/mol. The lowest BCUT2D eigenvalue weighted by Gasteiger charge is -2.06. The van der Waals surface area contributed by atoms with E-state index in [0.29, 0.717) is 5.92 Å². The molecule has 1 heterocycles. The summed E-state index contributed by atoms with van der Waals surface area (Å²) in [5, 5.41) is 3.15. The van der Waals surface area contributed by atoms with Gasteiger partial charge < -0.3 is 9.73 Å². The van der Waals surface area contributed by atoms with Gasteiger partial charge in [-0.1, -0.05) is 12.8 Å². The van der Waals surface area contributed by atoms with Gasteiger partial charge in [-0.3, -0.25) is 0 Å². The number of rotatable bonds is 3. The van der Waals surface area contributed by atoms with Crippen molar-refractivity contribution in [3.8, 4) is 0 Å². The highest BCUT2D eigenvalue weighted by molar-refractivity contribution is 5.03. The maximum absolute atomic E-state index is 5.75. The summed E-state index contributed by atoms with van der Waals surface area (Å²) < 4.78 is 5.75. The molecule has 1 atom stereocenters.